The fourth-order valence-corrected chi connectivity index (χ4v) is 1.58. The minimum atomic E-state index is -0.397. The van der Waals surface area contributed by atoms with E-state index in [1.54, 1.807) is 19.2 Å². The molecule has 0 aromatic heterocycles. The lowest BCUT2D eigenvalue weighted by atomic mass is 10.0. The van der Waals surface area contributed by atoms with Crippen molar-refractivity contribution in [2.24, 2.45) is 5.92 Å². The average molecular weight is 266 g/mol. The van der Waals surface area contributed by atoms with Crippen LogP contribution in [0.2, 0.25) is 0 Å². The number of amides is 2. The van der Waals surface area contributed by atoms with Crippen LogP contribution in [0.4, 0.5) is 10.5 Å². The molecule has 0 saturated heterocycles. The first-order valence-corrected chi connectivity index (χ1v) is 6.40. The number of methoxy groups -OCH3 is 1. The first-order valence-electron chi connectivity index (χ1n) is 6.40. The summed E-state index contributed by atoms with van der Waals surface area (Å²) in [4.78, 5) is 11.7. The fourth-order valence-electron chi connectivity index (χ4n) is 1.58. The Morgan fingerprint density at radius 1 is 1.37 bits per heavy atom. The molecule has 0 aliphatic rings. The van der Waals surface area contributed by atoms with Crippen LogP contribution < -0.4 is 15.4 Å². The standard InChI is InChI=1S/C14H22N2O3/c1-10(2)12(17)8-9-15-14(18)16-11-6-4-5-7-13(11)19-3/h4-7,10,12,17H,8-9H2,1-3H3,(H2,15,16,18). The van der Waals surface area contributed by atoms with Gasteiger partial charge >= 0.3 is 6.03 Å². The third-order valence-corrected chi connectivity index (χ3v) is 2.85. The van der Waals surface area contributed by atoms with E-state index in [-0.39, 0.29) is 11.9 Å². The largest absolute Gasteiger partial charge is 0.495 e. The maximum atomic E-state index is 11.7. The van der Waals surface area contributed by atoms with Crippen LogP contribution in [0, 0.1) is 5.92 Å². The van der Waals surface area contributed by atoms with Crippen LogP contribution in [-0.4, -0.2) is 30.9 Å². The summed E-state index contributed by atoms with van der Waals surface area (Å²) in [5.74, 6) is 0.805. The SMILES string of the molecule is COc1ccccc1NC(=O)NCCC(O)C(C)C. The number of carbonyl (C=O) groups is 1. The average Bonchev–Trinajstić information content (AvgIpc) is 2.39. The molecule has 1 aromatic carbocycles. The van der Waals surface area contributed by atoms with Crippen LogP contribution in [0.25, 0.3) is 0 Å². The van der Waals surface area contributed by atoms with Gasteiger partial charge in [0.15, 0.2) is 0 Å². The highest BCUT2D eigenvalue weighted by Crippen LogP contribution is 2.22. The number of hydrogen-bond donors (Lipinski definition) is 3. The molecule has 0 aliphatic carbocycles. The van der Waals surface area contributed by atoms with Gasteiger partial charge in [0.1, 0.15) is 5.75 Å². The molecule has 0 saturated carbocycles. The van der Waals surface area contributed by atoms with Gasteiger partial charge < -0.3 is 20.5 Å². The molecule has 1 unspecified atom stereocenters. The molecule has 0 heterocycles. The maximum absolute atomic E-state index is 11.7. The molecular formula is C14H22N2O3. The Morgan fingerprint density at radius 3 is 2.68 bits per heavy atom. The third kappa shape index (κ3) is 5.18. The molecule has 5 nitrogen and oxygen atoms in total. The number of aliphatic hydroxyl groups is 1. The van der Waals surface area contributed by atoms with Gasteiger partial charge in [0.25, 0.3) is 0 Å². The summed E-state index contributed by atoms with van der Waals surface area (Å²) in [7, 11) is 1.55. The highest BCUT2D eigenvalue weighted by molar-refractivity contribution is 5.90. The topological polar surface area (TPSA) is 70.6 Å². The lowest BCUT2D eigenvalue weighted by molar-refractivity contribution is 0.117. The number of urea groups is 1. The summed E-state index contributed by atoms with van der Waals surface area (Å²) < 4.78 is 5.14. The van der Waals surface area contributed by atoms with Gasteiger partial charge in [-0.2, -0.15) is 0 Å². The minimum Gasteiger partial charge on any atom is -0.495 e. The molecule has 0 fully saturated rings. The van der Waals surface area contributed by atoms with Gasteiger partial charge in [-0.3, -0.25) is 0 Å². The van der Waals surface area contributed by atoms with E-state index in [0.717, 1.165) is 0 Å². The number of carbonyl (C=O) groups excluding carboxylic acids is 1. The Balaban J connectivity index is 2.39. The van der Waals surface area contributed by atoms with Gasteiger partial charge in [-0.15, -0.1) is 0 Å². The zero-order valence-electron chi connectivity index (χ0n) is 11.6. The highest BCUT2D eigenvalue weighted by Gasteiger charge is 2.10. The lowest BCUT2D eigenvalue weighted by Gasteiger charge is -2.15. The van der Waals surface area contributed by atoms with Gasteiger partial charge in [-0.25, -0.2) is 4.79 Å². The summed E-state index contributed by atoms with van der Waals surface area (Å²) in [5.41, 5.74) is 0.618. The Hall–Kier alpha value is -1.75. The summed E-state index contributed by atoms with van der Waals surface area (Å²) >= 11 is 0. The van der Waals surface area contributed by atoms with Crippen molar-refractivity contribution < 1.29 is 14.6 Å². The van der Waals surface area contributed by atoms with Gasteiger partial charge in [-0.05, 0) is 24.5 Å². The molecule has 1 aromatic rings. The molecule has 106 valence electrons. The van der Waals surface area contributed by atoms with Crippen molar-refractivity contribution in [3.05, 3.63) is 24.3 Å². The van der Waals surface area contributed by atoms with Crippen molar-refractivity contribution in [2.75, 3.05) is 19.0 Å². The van der Waals surface area contributed by atoms with Crippen LogP contribution in [0.3, 0.4) is 0 Å². The zero-order valence-corrected chi connectivity index (χ0v) is 11.6. The molecule has 5 heteroatoms. The van der Waals surface area contributed by atoms with E-state index in [1.165, 1.54) is 0 Å². The second kappa shape index (κ2) is 7.63. The van der Waals surface area contributed by atoms with Crippen LogP contribution in [0.15, 0.2) is 24.3 Å². The first-order chi connectivity index (χ1) is 9.04. The van der Waals surface area contributed by atoms with Crippen molar-refractivity contribution in [1.29, 1.82) is 0 Å². The number of ether oxygens (including phenoxy) is 1. The number of anilines is 1. The quantitative estimate of drug-likeness (QED) is 0.739. The summed E-state index contributed by atoms with van der Waals surface area (Å²) in [6.45, 7) is 4.32. The van der Waals surface area contributed by atoms with Crippen molar-refractivity contribution in [3.63, 3.8) is 0 Å². The fraction of sp³-hybridized carbons (Fsp3) is 0.500. The van der Waals surface area contributed by atoms with Gasteiger partial charge in [0, 0.05) is 6.54 Å². The van der Waals surface area contributed by atoms with Crippen molar-refractivity contribution in [2.45, 2.75) is 26.4 Å². The first kappa shape index (κ1) is 15.3. The van der Waals surface area contributed by atoms with E-state index in [0.29, 0.717) is 24.4 Å². The molecule has 0 radical (unpaired) electrons. The van der Waals surface area contributed by atoms with E-state index in [2.05, 4.69) is 10.6 Å². The molecular weight excluding hydrogens is 244 g/mol. The summed E-state index contributed by atoms with van der Waals surface area (Å²) in [6, 6.07) is 6.89. The Kier molecular flexibility index (Phi) is 6.15. The van der Waals surface area contributed by atoms with E-state index in [9.17, 15) is 9.90 Å². The van der Waals surface area contributed by atoms with Crippen LogP contribution in [0.1, 0.15) is 20.3 Å². The molecule has 2 amide bonds. The predicted octanol–water partition coefficient (Wildman–Crippen LogP) is 2.22. The van der Waals surface area contributed by atoms with Gasteiger partial charge in [0.05, 0.1) is 18.9 Å². The van der Waals surface area contributed by atoms with E-state index in [1.807, 2.05) is 26.0 Å². The maximum Gasteiger partial charge on any atom is 0.319 e. The smallest absolute Gasteiger partial charge is 0.319 e. The number of benzene rings is 1. The van der Waals surface area contributed by atoms with E-state index >= 15 is 0 Å². The monoisotopic (exact) mass is 266 g/mol. The number of rotatable bonds is 6. The van der Waals surface area contributed by atoms with E-state index < -0.39 is 6.10 Å². The molecule has 0 bridgehead atoms. The Morgan fingerprint density at radius 2 is 2.05 bits per heavy atom. The number of nitrogens with one attached hydrogen (secondary N) is 2. The van der Waals surface area contributed by atoms with Crippen LogP contribution in [0.5, 0.6) is 5.75 Å². The van der Waals surface area contributed by atoms with Crippen LogP contribution >= 0.6 is 0 Å². The molecule has 0 aliphatic heterocycles. The van der Waals surface area contributed by atoms with Gasteiger partial charge in [-0.1, -0.05) is 26.0 Å². The normalized spacial score (nSPS) is 12.1. The molecule has 1 atom stereocenters. The second-order valence-corrected chi connectivity index (χ2v) is 4.68. The number of aliphatic hydroxyl groups excluding tert-OH is 1. The predicted molar refractivity (Wildman–Crippen MR) is 75.5 cm³/mol. The van der Waals surface area contributed by atoms with Crippen molar-refractivity contribution >= 4 is 11.7 Å². The van der Waals surface area contributed by atoms with E-state index in [4.69, 9.17) is 4.74 Å². The lowest BCUT2D eigenvalue weighted by Crippen LogP contribution is -2.32. The second-order valence-electron chi connectivity index (χ2n) is 4.68. The molecule has 3 N–H and O–H groups in total. The molecule has 0 spiro atoms. The van der Waals surface area contributed by atoms with Gasteiger partial charge in [0.2, 0.25) is 0 Å². The summed E-state index contributed by atoms with van der Waals surface area (Å²) in [6.07, 6.45) is 0.142. The van der Waals surface area contributed by atoms with Crippen molar-refractivity contribution in [1.82, 2.24) is 5.32 Å². The zero-order chi connectivity index (χ0) is 14.3. The van der Waals surface area contributed by atoms with Crippen LogP contribution in [-0.2, 0) is 0 Å². The minimum absolute atomic E-state index is 0.194. The number of hydrogen-bond acceptors (Lipinski definition) is 3. The summed E-state index contributed by atoms with van der Waals surface area (Å²) in [5, 5.41) is 15.0. The number of para-hydroxylation sites is 2. The third-order valence-electron chi connectivity index (χ3n) is 2.85. The highest BCUT2D eigenvalue weighted by atomic mass is 16.5. The molecule has 19 heavy (non-hydrogen) atoms. The Bertz CT molecular complexity index is 407. The molecule has 1 rings (SSSR count). The van der Waals surface area contributed by atoms with Crippen molar-refractivity contribution in [3.8, 4) is 5.75 Å². The Labute approximate surface area is 114 Å².